The van der Waals surface area contributed by atoms with Gasteiger partial charge in [-0.05, 0) is 72.4 Å². The summed E-state index contributed by atoms with van der Waals surface area (Å²) in [6, 6.07) is 17.8. The van der Waals surface area contributed by atoms with Crippen LogP contribution in [0, 0.1) is 13.8 Å². The van der Waals surface area contributed by atoms with Gasteiger partial charge in [0, 0.05) is 6.07 Å². The molecule has 0 fully saturated rings. The summed E-state index contributed by atoms with van der Waals surface area (Å²) in [5, 5.41) is 0.339. The molecule has 1 heterocycles. The third-order valence-electron chi connectivity index (χ3n) is 5.33. The number of carbonyl (C=O) groups is 1. The van der Waals surface area contributed by atoms with Crippen molar-refractivity contribution < 1.29 is 18.7 Å². The van der Waals surface area contributed by atoms with Crippen molar-refractivity contribution in [2.24, 2.45) is 0 Å². The Morgan fingerprint density at radius 1 is 0.848 bits per heavy atom. The SMILES string of the molecule is Cc1cc(C)cc(Oc2coc3cc(OC(=O)c4ccc(C(C)(C)C)cc4)ccc3c2=O)c1. The molecule has 0 atom stereocenters. The van der Waals surface area contributed by atoms with E-state index >= 15 is 0 Å². The van der Waals surface area contributed by atoms with Crippen molar-refractivity contribution >= 4 is 16.9 Å². The molecule has 1 aromatic heterocycles. The zero-order valence-electron chi connectivity index (χ0n) is 19.4. The van der Waals surface area contributed by atoms with Crippen LogP contribution in [0.3, 0.4) is 0 Å². The zero-order valence-corrected chi connectivity index (χ0v) is 19.4. The molecule has 4 rings (SSSR count). The number of rotatable bonds is 4. The molecule has 5 heteroatoms. The van der Waals surface area contributed by atoms with Crippen LogP contribution in [0.25, 0.3) is 11.0 Å². The summed E-state index contributed by atoms with van der Waals surface area (Å²) in [4.78, 5) is 25.4. The highest BCUT2D eigenvalue weighted by Gasteiger charge is 2.16. The van der Waals surface area contributed by atoms with E-state index in [0.717, 1.165) is 16.7 Å². The number of ether oxygens (including phenoxy) is 2. The third-order valence-corrected chi connectivity index (χ3v) is 5.33. The summed E-state index contributed by atoms with van der Waals surface area (Å²) < 4.78 is 16.9. The molecule has 0 radical (unpaired) electrons. The molecule has 0 spiro atoms. The van der Waals surface area contributed by atoms with Gasteiger partial charge in [-0.15, -0.1) is 0 Å². The second-order valence-electron chi connectivity index (χ2n) is 9.23. The van der Waals surface area contributed by atoms with Crippen LogP contribution in [0.5, 0.6) is 17.2 Å². The smallest absolute Gasteiger partial charge is 0.343 e. The lowest BCUT2D eigenvalue weighted by Crippen LogP contribution is -2.13. The summed E-state index contributed by atoms with van der Waals surface area (Å²) in [5.41, 5.74) is 3.66. The lowest BCUT2D eigenvalue weighted by molar-refractivity contribution is 0.0735. The highest BCUT2D eigenvalue weighted by atomic mass is 16.5. The van der Waals surface area contributed by atoms with E-state index in [1.54, 1.807) is 24.3 Å². The van der Waals surface area contributed by atoms with Gasteiger partial charge in [0.15, 0.2) is 0 Å². The van der Waals surface area contributed by atoms with Crippen molar-refractivity contribution in [1.82, 2.24) is 0 Å². The summed E-state index contributed by atoms with van der Waals surface area (Å²) in [6.45, 7) is 10.3. The maximum atomic E-state index is 12.9. The molecule has 0 saturated heterocycles. The first kappa shape index (κ1) is 22.3. The Kier molecular flexibility index (Phi) is 5.81. The fourth-order valence-electron chi connectivity index (χ4n) is 3.62. The quantitative estimate of drug-likeness (QED) is 0.259. The number of aryl methyl sites for hydroxylation is 2. The van der Waals surface area contributed by atoms with E-state index < -0.39 is 5.97 Å². The van der Waals surface area contributed by atoms with Crippen LogP contribution in [0.1, 0.15) is 47.8 Å². The van der Waals surface area contributed by atoms with Crippen LogP contribution in [0.2, 0.25) is 0 Å². The molecule has 0 bridgehead atoms. The molecule has 0 aliphatic rings. The Bertz CT molecular complexity index is 1370. The highest BCUT2D eigenvalue weighted by Crippen LogP contribution is 2.26. The molecular weight excluding hydrogens is 416 g/mol. The number of hydrogen-bond donors (Lipinski definition) is 0. The van der Waals surface area contributed by atoms with Gasteiger partial charge in [-0.2, -0.15) is 0 Å². The minimum absolute atomic E-state index is 0.000933. The molecule has 0 unspecified atom stereocenters. The highest BCUT2D eigenvalue weighted by molar-refractivity contribution is 5.91. The molecule has 33 heavy (non-hydrogen) atoms. The molecule has 4 aromatic rings. The molecule has 0 N–H and O–H groups in total. The number of fused-ring (bicyclic) bond motifs is 1. The summed E-state index contributed by atoms with van der Waals surface area (Å²) in [6.07, 6.45) is 1.28. The van der Waals surface area contributed by atoms with Crippen molar-refractivity contribution in [2.45, 2.75) is 40.0 Å². The van der Waals surface area contributed by atoms with Gasteiger partial charge in [-0.25, -0.2) is 4.79 Å². The Hall–Kier alpha value is -3.86. The predicted molar refractivity (Wildman–Crippen MR) is 129 cm³/mol. The molecule has 0 saturated carbocycles. The first-order valence-electron chi connectivity index (χ1n) is 10.7. The molecule has 3 aromatic carbocycles. The third kappa shape index (κ3) is 4.98. The van der Waals surface area contributed by atoms with Crippen LogP contribution in [-0.4, -0.2) is 5.97 Å². The standard InChI is InChI=1S/C28H26O5/c1-17-12-18(2)14-22(13-17)32-25-16-31-24-15-21(10-11-23(24)26(25)29)33-27(30)19-6-8-20(9-7-19)28(3,4)5/h6-16H,1-5H3. The van der Waals surface area contributed by atoms with E-state index in [-0.39, 0.29) is 16.6 Å². The van der Waals surface area contributed by atoms with Crippen molar-refractivity contribution in [1.29, 1.82) is 0 Å². The van der Waals surface area contributed by atoms with Crippen LogP contribution >= 0.6 is 0 Å². The number of esters is 1. The van der Waals surface area contributed by atoms with Gasteiger partial charge in [0.05, 0.1) is 10.9 Å². The Morgan fingerprint density at radius 3 is 2.15 bits per heavy atom. The largest absolute Gasteiger partial charge is 0.460 e. The van der Waals surface area contributed by atoms with Crippen molar-refractivity contribution in [2.75, 3.05) is 0 Å². The van der Waals surface area contributed by atoms with Crippen LogP contribution in [-0.2, 0) is 5.41 Å². The maximum Gasteiger partial charge on any atom is 0.343 e. The zero-order chi connectivity index (χ0) is 23.8. The first-order valence-corrected chi connectivity index (χ1v) is 10.7. The molecule has 5 nitrogen and oxygen atoms in total. The van der Waals surface area contributed by atoms with Crippen LogP contribution in [0.4, 0.5) is 0 Å². The number of benzene rings is 3. The van der Waals surface area contributed by atoms with E-state index in [1.807, 2.05) is 44.2 Å². The first-order chi connectivity index (χ1) is 15.6. The van der Waals surface area contributed by atoms with Gasteiger partial charge >= 0.3 is 5.97 Å². The van der Waals surface area contributed by atoms with Crippen LogP contribution < -0.4 is 14.9 Å². The molecular formula is C28H26O5. The van der Waals surface area contributed by atoms with E-state index in [0.29, 0.717) is 28.0 Å². The number of hydrogen-bond acceptors (Lipinski definition) is 5. The van der Waals surface area contributed by atoms with Crippen LogP contribution in [0.15, 0.2) is 76.1 Å². The normalized spacial score (nSPS) is 11.4. The van der Waals surface area contributed by atoms with Gasteiger partial charge < -0.3 is 13.9 Å². The Morgan fingerprint density at radius 2 is 1.52 bits per heavy atom. The molecule has 168 valence electrons. The van der Waals surface area contributed by atoms with E-state index in [2.05, 4.69) is 20.8 Å². The van der Waals surface area contributed by atoms with Gasteiger partial charge in [0.1, 0.15) is 23.3 Å². The van der Waals surface area contributed by atoms with Gasteiger partial charge in [-0.3, -0.25) is 4.79 Å². The van der Waals surface area contributed by atoms with Crippen molar-refractivity contribution in [3.63, 3.8) is 0 Å². The monoisotopic (exact) mass is 442 g/mol. The topological polar surface area (TPSA) is 65.7 Å². The van der Waals surface area contributed by atoms with E-state index in [1.165, 1.54) is 12.3 Å². The average molecular weight is 443 g/mol. The summed E-state index contributed by atoms with van der Waals surface area (Å²) in [7, 11) is 0. The minimum Gasteiger partial charge on any atom is -0.460 e. The van der Waals surface area contributed by atoms with Crippen molar-refractivity contribution in [3.8, 4) is 17.2 Å². The lowest BCUT2D eigenvalue weighted by atomic mass is 9.87. The lowest BCUT2D eigenvalue weighted by Gasteiger charge is -2.18. The second kappa shape index (κ2) is 8.58. The fourth-order valence-corrected chi connectivity index (χ4v) is 3.62. The summed E-state index contributed by atoms with van der Waals surface area (Å²) in [5.74, 6) is 0.476. The minimum atomic E-state index is -0.480. The Balaban J connectivity index is 1.55. The molecule has 0 aliphatic carbocycles. The number of carbonyl (C=O) groups excluding carboxylic acids is 1. The van der Waals surface area contributed by atoms with E-state index in [4.69, 9.17) is 13.9 Å². The fraction of sp³-hybridized carbons (Fsp3) is 0.214. The maximum absolute atomic E-state index is 12.9. The second-order valence-corrected chi connectivity index (χ2v) is 9.23. The van der Waals surface area contributed by atoms with Gasteiger partial charge in [0.25, 0.3) is 0 Å². The molecule has 0 aliphatic heterocycles. The van der Waals surface area contributed by atoms with Gasteiger partial charge in [0.2, 0.25) is 11.2 Å². The van der Waals surface area contributed by atoms with Gasteiger partial charge in [-0.1, -0.05) is 39.0 Å². The average Bonchev–Trinajstić information content (AvgIpc) is 2.74. The molecule has 0 amide bonds. The summed E-state index contributed by atoms with van der Waals surface area (Å²) >= 11 is 0. The Labute approximate surface area is 192 Å². The van der Waals surface area contributed by atoms with E-state index in [9.17, 15) is 9.59 Å². The van der Waals surface area contributed by atoms with Crippen molar-refractivity contribution in [3.05, 3.63) is 99.4 Å². The predicted octanol–water partition coefficient (Wildman–Crippen LogP) is 6.72.